The van der Waals surface area contributed by atoms with E-state index in [1.165, 1.54) is 11.8 Å². The molecule has 178 valence electrons. The number of benzene rings is 1. The summed E-state index contributed by atoms with van der Waals surface area (Å²) in [6.45, 7) is 11.9. The van der Waals surface area contributed by atoms with E-state index in [2.05, 4.69) is 32.6 Å². The van der Waals surface area contributed by atoms with E-state index in [1.807, 2.05) is 43.3 Å². The van der Waals surface area contributed by atoms with Gasteiger partial charge in [-0.05, 0) is 58.4 Å². The van der Waals surface area contributed by atoms with Gasteiger partial charge in [0.05, 0.1) is 16.6 Å². The third-order valence-corrected chi connectivity index (χ3v) is 7.03. The number of hydrogen-bond donors (Lipinski definition) is 0. The van der Waals surface area contributed by atoms with Gasteiger partial charge in [0, 0.05) is 43.2 Å². The molecule has 0 aliphatic rings. The zero-order valence-corrected chi connectivity index (χ0v) is 21.2. The van der Waals surface area contributed by atoms with Crippen LogP contribution in [0.2, 0.25) is 0 Å². The molecule has 0 aliphatic carbocycles. The third kappa shape index (κ3) is 4.93. The maximum absolute atomic E-state index is 13.4. The van der Waals surface area contributed by atoms with Crippen molar-refractivity contribution in [3.8, 4) is 0 Å². The van der Waals surface area contributed by atoms with Crippen LogP contribution < -0.4 is 11.1 Å². The van der Waals surface area contributed by atoms with Gasteiger partial charge in [0.2, 0.25) is 0 Å². The van der Waals surface area contributed by atoms with Crippen LogP contribution in [-0.2, 0) is 12.3 Å². The predicted molar refractivity (Wildman–Crippen MR) is 139 cm³/mol. The Hall–Kier alpha value is -2.97. The van der Waals surface area contributed by atoms with Gasteiger partial charge in [-0.2, -0.15) is 0 Å². The second-order valence-electron chi connectivity index (χ2n) is 9.05. The van der Waals surface area contributed by atoms with E-state index in [4.69, 9.17) is 9.97 Å². The van der Waals surface area contributed by atoms with E-state index in [9.17, 15) is 9.59 Å². The van der Waals surface area contributed by atoms with Gasteiger partial charge in [-0.15, -0.1) is 0 Å². The number of fused-ring (bicyclic) bond motifs is 2. The molecular formula is C26H31N5O2S. The van der Waals surface area contributed by atoms with Gasteiger partial charge < -0.3 is 0 Å². The number of aromatic nitrogens is 4. The molecule has 0 aliphatic heterocycles. The highest BCUT2D eigenvalue weighted by Gasteiger charge is 2.17. The number of rotatable bonds is 8. The smallest absolute Gasteiger partial charge is 0.262 e. The minimum absolute atomic E-state index is 0.0389. The molecule has 3 aromatic heterocycles. The van der Waals surface area contributed by atoms with Gasteiger partial charge in [0.25, 0.3) is 11.1 Å². The number of thioether (sulfide) groups is 1. The Bertz CT molecular complexity index is 1430. The zero-order valence-electron chi connectivity index (χ0n) is 20.4. The van der Waals surface area contributed by atoms with Crippen molar-refractivity contribution < 1.29 is 0 Å². The van der Waals surface area contributed by atoms with Crippen molar-refractivity contribution in [2.45, 2.75) is 64.2 Å². The summed E-state index contributed by atoms with van der Waals surface area (Å²) in [6, 6.07) is 13.5. The quantitative estimate of drug-likeness (QED) is 0.281. The van der Waals surface area contributed by atoms with Crippen molar-refractivity contribution in [3.63, 3.8) is 0 Å². The summed E-state index contributed by atoms with van der Waals surface area (Å²) in [7, 11) is 0. The van der Waals surface area contributed by atoms with Gasteiger partial charge in [-0.25, -0.2) is 9.97 Å². The monoisotopic (exact) mass is 477 g/mol. The van der Waals surface area contributed by atoms with E-state index in [-0.39, 0.29) is 11.1 Å². The van der Waals surface area contributed by atoms with E-state index in [1.54, 1.807) is 21.2 Å². The first-order valence-corrected chi connectivity index (χ1v) is 12.6. The molecule has 7 nitrogen and oxygen atoms in total. The first-order valence-electron chi connectivity index (χ1n) is 11.6. The molecule has 0 radical (unpaired) electrons. The summed E-state index contributed by atoms with van der Waals surface area (Å²) >= 11 is 1.44. The van der Waals surface area contributed by atoms with Crippen molar-refractivity contribution in [1.29, 1.82) is 0 Å². The molecule has 3 heterocycles. The topological polar surface area (TPSA) is 72.5 Å². The zero-order chi connectivity index (χ0) is 24.4. The fraction of sp³-hybridized carbons (Fsp3) is 0.385. The van der Waals surface area contributed by atoms with Crippen LogP contribution in [0.5, 0.6) is 0 Å². The van der Waals surface area contributed by atoms with Crippen LogP contribution in [0, 0.1) is 6.92 Å². The second-order valence-corrected chi connectivity index (χ2v) is 10.00. The fourth-order valence-corrected chi connectivity index (χ4v) is 5.22. The maximum Gasteiger partial charge on any atom is 0.262 e. The Balaban J connectivity index is 1.69. The van der Waals surface area contributed by atoms with E-state index < -0.39 is 0 Å². The number of hydrogen-bond acceptors (Lipinski definition) is 6. The highest BCUT2D eigenvalue weighted by molar-refractivity contribution is 7.98. The Labute approximate surface area is 203 Å². The first-order chi connectivity index (χ1) is 16.3. The maximum atomic E-state index is 13.4. The average Bonchev–Trinajstić information content (AvgIpc) is 2.79. The van der Waals surface area contributed by atoms with Crippen LogP contribution in [0.3, 0.4) is 0 Å². The molecule has 0 saturated heterocycles. The molecule has 0 fully saturated rings. The van der Waals surface area contributed by atoms with E-state index >= 15 is 0 Å². The van der Waals surface area contributed by atoms with Crippen LogP contribution in [-0.4, -0.2) is 42.5 Å². The number of pyridine rings is 1. The van der Waals surface area contributed by atoms with Crippen LogP contribution in [0.25, 0.3) is 16.6 Å². The van der Waals surface area contributed by atoms with Crippen molar-refractivity contribution >= 4 is 28.3 Å². The molecule has 34 heavy (non-hydrogen) atoms. The number of para-hydroxylation sites is 1. The molecule has 0 unspecified atom stereocenters. The largest absolute Gasteiger partial charge is 0.297 e. The Morgan fingerprint density at radius 2 is 1.74 bits per heavy atom. The van der Waals surface area contributed by atoms with Crippen LogP contribution in [0.15, 0.2) is 63.4 Å². The summed E-state index contributed by atoms with van der Waals surface area (Å²) in [5, 5.41) is 1.26. The normalized spacial score (nSPS) is 12.0. The summed E-state index contributed by atoms with van der Waals surface area (Å²) in [5.41, 5.74) is 2.79. The fourth-order valence-electron chi connectivity index (χ4n) is 4.30. The van der Waals surface area contributed by atoms with Gasteiger partial charge in [0.15, 0.2) is 5.16 Å². The van der Waals surface area contributed by atoms with Crippen molar-refractivity contribution in [1.82, 2.24) is 23.8 Å². The Kier molecular flexibility index (Phi) is 7.19. The number of nitrogens with zero attached hydrogens (tertiary/aromatic N) is 5. The molecule has 4 rings (SSSR count). The molecule has 0 bridgehead atoms. The Morgan fingerprint density at radius 3 is 2.47 bits per heavy atom. The molecule has 8 heteroatoms. The molecular weight excluding hydrogens is 446 g/mol. The van der Waals surface area contributed by atoms with Gasteiger partial charge in [0.1, 0.15) is 5.65 Å². The highest BCUT2D eigenvalue weighted by atomic mass is 32.2. The van der Waals surface area contributed by atoms with Crippen LogP contribution >= 0.6 is 11.8 Å². The summed E-state index contributed by atoms with van der Waals surface area (Å²) in [5.74, 6) is 0.447. The molecule has 4 aromatic rings. The second kappa shape index (κ2) is 10.1. The van der Waals surface area contributed by atoms with Gasteiger partial charge in [-0.1, -0.05) is 30.0 Å². The van der Waals surface area contributed by atoms with Crippen molar-refractivity contribution in [2.75, 3.05) is 6.54 Å². The lowest BCUT2D eigenvalue weighted by molar-refractivity contribution is 0.166. The van der Waals surface area contributed by atoms with E-state index in [0.29, 0.717) is 51.8 Å². The minimum atomic E-state index is -0.113. The first kappa shape index (κ1) is 24.2. The third-order valence-electron chi connectivity index (χ3n) is 6.02. The lowest BCUT2D eigenvalue weighted by atomic mass is 10.2. The van der Waals surface area contributed by atoms with Gasteiger partial charge in [-0.3, -0.25) is 23.5 Å². The molecule has 0 amide bonds. The Morgan fingerprint density at radius 1 is 1.00 bits per heavy atom. The average molecular weight is 478 g/mol. The summed E-state index contributed by atoms with van der Waals surface area (Å²) in [4.78, 5) is 37.9. The van der Waals surface area contributed by atoms with Crippen LogP contribution in [0.1, 0.15) is 39.0 Å². The van der Waals surface area contributed by atoms with Gasteiger partial charge >= 0.3 is 0 Å². The molecule has 0 atom stereocenters. The SMILES string of the molecule is Cc1cccn2c(=O)cc(CSc3nc4ccccc4c(=O)n3CCN(C(C)C)C(C)C)nc12. The standard InChI is InChI=1S/C26H31N5O2S/c1-17(2)29(18(3)4)13-14-31-25(33)21-10-6-7-11-22(21)28-26(31)34-16-20-15-23(32)30-12-8-9-19(5)24(30)27-20/h6-12,15,17-18H,13-14,16H2,1-5H3. The molecule has 1 aromatic carbocycles. The molecule has 0 N–H and O–H groups in total. The summed E-state index contributed by atoms with van der Waals surface area (Å²) < 4.78 is 3.32. The van der Waals surface area contributed by atoms with Crippen molar-refractivity contribution in [2.24, 2.45) is 0 Å². The van der Waals surface area contributed by atoms with E-state index in [0.717, 1.165) is 12.1 Å². The minimum Gasteiger partial charge on any atom is -0.297 e. The molecule has 0 saturated carbocycles. The summed E-state index contributed by atoms with van der Waals surface area (Å²) in [6.07, 6.45) is 1.73. The molecule has 0 spiro atoms. The predicted octanol–water partition coefficient (Wildman–Crippen LogP) is 4.12. The lowest BCUT2D eigenvalue weighted by Crippen LogP contribution is -2.40. The van der Waals surface area contributed by atoms with Crippen LogP contribution in [0.4, 0.5) is 0 Å². The lowest BCUT2D eigenvalue weighted by Gasteiger charge is -2.30. The highest BCUT2D eigenvalue weighted by Crippen LogP contribution is 2.22. The van der Waals surface area contributed by atoms with Crippen molar-refractivity contribution in [3.05, 3.63) is 80.6 Å². The number of aryl methyl sites for hydroxylation is 1.